The van der Waals surface area contributed by atoms with Gasteiger partial charge in [0.05, 0.1) is 11.6 Å². The zero-order valence-corrected chi connectivity index (χ0v) is 12.3. The predicted molar refractivity (Wildman–Crippen MR) is 78.4 cm³/mol. The minimum atomic E-state index is -0.624. The lowest BCUT2D eigenvalue weighted by Gasteiger charge is -2.05. The molecule has 0 aliphatic rings. The Morgan fingerprint density at radius 1 is 1.35 bits per heavy atom. The fraction of sp³-hybridized carbons (Fsp3) is 0.0714. The first-order chi connectivity index (χ1) is 9.08. The number of nitrogens with one attached hydrogen (secondary N) is 1. The van der Waals surface area contributed by atoms with E-state index in [1.165, 1.54) is 6.07 Å². The summed E-state index contributed by atoms with van der Waals surface area (Å²) in [6.07, 6.45) is 0. The van der Waals surface area contributed by atoms with Crippen LogP contribution in [0.5, 0.6) is 0 Å². The van der Waals surface area contributed by atoms with Crippen molar-refractivity contribution in [1.29, 1.82) is 5.26 Å². The number of carbonyl (C=O) groups is 1. The third kappa shape index (κ3) is 3.87. The lowest BCUT2D eigenvalue weighted by molar-refractivity contribution is 0.102. The van der Waals surface area contributed by atoms with Crippen LogP contribution in [0.3, 0.4) is 0 Å². The number of nitrogens with zero attached hydrogens (tertiary/aromatic N) is 2. The highest BCUT2D eigenvalue weighted by Crippen LogP contribution is 2.11. The second-order valence-corrected chi connectivity index (χ2v) is 3.96. The number of amides is 1. The van der Waals surface area contributed by atoms with Crippen LogP contribution in [0.2, 0.25) is 0 Å². The molecule has 1 amide bonds. The number of aryl methyl sites for hydroxylation is 1. The third-order valence-corrected chi connectivity index (χ3v) is 2.42. The van der Waals surface area contributed by atoms with Gasteiger partial charge in [-0.3, -0.25) is 4.79 Å². The molecule has 1 aromatic carbocycles. The number of halogens is 2. The quantitative estimate of drug-likeness (QED) is 0.916. The third-order valence-electron chi connectivity index (χ3n) is 2.42. The summed E-state index contributed by atoms with van der Waals surface area (Å²) in [4.78, 5) is 16.0. The van der Waals surface area contributed by atoms with Gasteiger partial charge in [-0.25, -0.2) is 9.37 Å². The van der Waals surface area contributed by atoms with Crippen molar-refractivity contribution in [2.75, 3.05) is 5.32 Å². The van der Waals surface area contributed by atoms with Crippen LogP contribution in [0.1, 0.15) is 21.6 Å². The Balaban J connectivity index is 0.00000200. The van der Waals surface area contributed by atoms with Crippen LogP contribution in [0.4, 0.5) is 10.2 Å². The molecule has 102 valence electrons. The number of hydrogen-bond acceptors (Lipinski definition) is 3. The Morgan fingerprint density at radius 2 is 2.10 bits per heavy atom. The molecule has 20 heavy (non-hydrogen) atoms. The smallest absolute Gasteiger partial charge is 0.256 e. The SMILES string of the molecule is Br.Cc1cccc(NC(=O)c2cc(F)cc(C#N)c2)n1. The summed E-state index contributed by atoms with van der Waals surface area (Å²) in [6, 6.07) is 10.5. The molecule has 1 aromatic heterocycles. The van der Waals surface area contributed by atoms with E-state index in [0.717, 1.165) is 17.8 Å². The highest BCUT2D eigenvalue weighted by Gasteiger charge is 2.10. The average molecular weight is 336 g/mol. The molecule has 6 heteroatoms. The van der Waals surface area contributed by atoms with Crippen molar-refractivity contribution in [3.05, 3.63) is 59.0 Å². The molecular weight excluding hydrogens is 325 g/mol. The molecule has 2 aromatic rings. The molecule has 0 fully saturated rings. The summed E-state index contributed by atoms with van der Waals surface area (Å²) >= 11 is 0. The van der Waals surface area contributed by atoms with Crippen molar-refractivity contribution >= 4 is 28.7 Å². The maximum atomic E-state index is 13.2. The Bertz CT molecular complexity index is 682. The summed E-state index contributed by atoms with van der Waals surface area (Å²) < 4.78 is 13.2. The van der Waals surface area contributed by atoms with Crippen LogP contribution in [-0.2, 0) is 0 Å². The van der Waals surface area contributed by atoms with Crippen molar-refractivity contribution in [3.63, 3.8) is 0 Å². The van der Waals surface area contributed by atoms with Gasteiger partial charge in [0, 0.05) is 11.3 Å². The first-order valence-corrected chi connectivity index (χ1v) is 5.54. The molecule has 1 heterocycles. The molecule has 0 unspecified atom stereocenters. The molecule has 0 atom stereocenters. The normalized spacial score (nSPS) is 9.25. The van der Waals surface area contributed by atoms with E-state index in [9.17, 15) is 9.18 Å². The van der Waals surface area contributed by atoms with Gasteiger partial charge in [0.1, 0.15) is 11.6 Å². The van der Waals surface area contributed by atoms with Gasteiger partial charge < -0.3 is 5.32 Å². The molecule has 0 aliphatic carbocycles. The second-order valence-electron chi connectivity index (χ2n) is 3.96. The van der Waals surface area contributed by atoms with E-state index in [2.05, 4.69) is 10.3 Å². The fourth-order valence-electron chi connectivity index (χ4n) is 1.59. The monoisotopic (exact) mass is 335 g/mol. The molecule has 1 N–H and O–H groups in total. The van der Waals surface area contributed by atoms with E-state index in [0.29, 0.717) is 5.82 Å². The van der Waals surface area contributed by atoms with Gasteiger partial charge in [0.15, 0.2) is 0 Å². The average Bonchev–Trinajstić information content (AvgIpc) is 2.38. The lowest BCUT2D eigenvalue weighted by atomic mass is 10.1. The topological polar surface area (TPSA) is 65.8 Å². The molecule has 0 aliphatic heterocycles. The highest BCUT2D eigenvalue weighted by molar-refractivity contribution is 8.93. The van der Waals surface area contributed by atoms with Gasteiger partial charge >= 0.3 is 0 Å². The Morgan fingerprint density at radius 3 is 2.75 bits per heavy atom. The van der Waals surface area contributed by atoms with Crippen molar-refractivity contribution in [3.8, 4) is 6.07 Å². The Labute approximate surface area is 126 Å². The number of benzene rings is 1. The van der Waals surface area contributed by atoms with E-state index in [-0.39, 0.29) is 28.1 Å². The van der Waals surface area contributed by atoms with Crippen LogP contribution < -0.4 is 5.32 Å². The van der Waals surface area contributed by atoms with Crippen LogP contribution in [0, 0.1) is 24.1 Å². The number of anilines is 1. The molecular formula is C14H11BrFN3O. The zero-order valence-electron chi connectivity index (χ0n) is 10.6. The summed E-state index contributed by atoms with van der Waals surface area (Å²) in [7, 11) is 0. The highest BCUT2D eigenvalue weighted by atomic mass is 79.9. The van der Waals surface area contributed by atoms with Gasteiger partial charge in [0.2, 0.25) is 0 Å². The van der Waals surface area contributed by atoms with Crippen LogP contribution >= 0.6 is 17.0 Å². The molecule has 0 spiro atoms. The van der Waals surface area contributed by atoms with Crippen LogP contribution in [0.15, 0.2) is 36.4 Å². The molecule has 0 radical (unpaired) electrons. The number of nitriles is 1. The van der Waals surface area contributed by atoms with Gasteiger partial charge in [-0.15, -0.1) is 17.0 Å². The number of aromatic nitrogens is 1. The summed E-state index contributed by atoms with van der Waals surface area (Å²) in [5.41, 5.74) is 0.942. The number of hydrogen-bond donors (Lipinski definition) is 1. The first-order valence-electron chi connectivity index (χ1n) is 5.54. The van der Waals surface area contributed by atoms with Gasteiger partial charge in [-0.1, -0.05) is 6.07 Å². The van der Waals surface area contributed by atoms with Crippen molar-refractivity contribution in [2.45, 2.75) is 6.92 Å². The maximum absolute atomic E-state index is 13.2. The first kappa shape index (κ1) is 15.8. The number of carbonyl (C=O) groups excluding carboxylic acids is 1. The Kier molecular flexibility index (Phi) is 5.35. The van der Waals surface area contributed by atoms with E-state index in [1.54, 1.807) is 31.2 Å². The maximum Gasteiger partial charge on any atom is 0.256 e. The van der Waals surface area contributed by atoms with Gasteiger partial charge in [0.25, 0.3) is 5.91 Å². The van der Waals surface area contributed by atoms with Crippen LogP contribution in [-0.4, -0.2) is 10.9 Å². The summed E-state index contributed by atoms with van der Waals surface area (Å²) in [5.74, 6) is -0.747. The second kappa shape index (κ2) is 6.78. The Hall–Kier alpha value is -2.26. The standard InChI is InChI=1S/C14H10FN3O.BrH/c1-9-3-2-4-13(17-9)18-14(19)11-5-10(8-16)6-12(15)7-11;/h2-7H,1H3,(H,17,18,19);1H. The molecule has 0 saturated heterocycles. The van der Waals surface area contributed by atoms with E-state index >= 15 is 0 Å². The van der Waals surface area contributed by atoms with Crippen molar-refractivity contribution < 1.29 is 9.18 Å². The molecule has 4 nitrogen and oxygen atoms in total. The largest absolute Gasteiger partial charge is 0.307 e. The minimum absolute atomic E-state index is 0. The van der Waals surface area contributed by atoms with E-state index in [4.69, 9.17) is 5.26 Å². The fourth-order valence-corrected chi connectivity index (χ4v) is 1.59. The van der Waals surface area contributed by atoms with Crippen molar-refractivity contribution in [2.24, 2.45) is 0 Å². The van der Waals surface area contributed by atoms with Gasteiger partial charge in [-0.05, 0) is 37.3 Å². The molecule has 0 saturated carbocycles. The van der Waals surface area contributed by atoms with Gasteiger partial charge in [-0.2, -0.15) is 5.26 Å². The predicted octanol–water partition coefficient (Wildman–Crippen LogP) is 3.23. The van der Waals surface area contributed by atoms with E-state index in [1.807, 2.05) is 0 Å². The van der Waals surface area contributed by atoms with Crippen molar-refractivity contribution in [1.82, 2.24) is 4.98 Å². The summed E-state index contributed by atoms with van der Waals surface area (Å²) in [6.45, 7) is 1.80. The summed E-state index contributed by atoms with van der Waals surface area (Å²) in [5, 5.41) is 11.3. The number of rotatable bonds is 2. The lowest BCUT2D eigenvalue weighted by Crippen LogP contribution is -2.13. The zero-order chi connectivity index (χ0) is 13.8. The minimum Gasteiger partial charge on any atom is -0.307 e. The molecule has 0 bridgehead atoms. The van der Waals surface area contributed by atoms with Crippen LogP contribution in [0.25, 0.3) is 0 Å². The molecule has 2 rings (SSSR count). The van der Waals surface area contributed by atoms with E-state index < -0.39 is 11.7 Å². The number of pyridine rings is 1.